The molecule has 19 heavy (non-hydrogen) atoms. The molecule has 3 rings (SSSR count). The first-order chi connectivity index (χ1) is 9.03. The Bertz CT molecular complexity index is 571. The lowest BCUT2D eigenvalue weighted by molar-refractivity contribution is -0.119. The third-order valence-electron chi connectivity index (χ3n) is 4.73. The van der Waals surface area contributed by atoms with Gasteiger partial charge in [-0.1, -0.05) is 19.9 Å². The summed E-state index contributed by atoms with van der Waals surface area (Å²) in [5, 5.41) is 0. The molecule has 2 nitrogen and oxygen atoms in total. The first-order valence-corrected chi connectivity index (χ1v) is 6.97. The van der Waals surface area contributed by atoms with Gasteiger partial charge >= 0.3 is 0 Å². The van der Waals surface area contributed by atoms with Crippen LogP contribution < -0.4 is 4.74 Å². The number of rotatable bonds is 1. The predicted molar refractivity (Wildman–Crippen MR) is 76.2 cm³/mol. The van der Waals surface area contributed by atoms with Crippen LogP contribution in [0.2, 0.25) is 0 Å². The number of aryl methyl sites for hydroxylation is 1. The van der Waals surface area contributed by atoms with E-state index in [2.05, 4.69) is 19.1 Å². The molecule has 1 aromatic rings. The maximum atomic E-state index is 12.0. The highest BCUT2D eigenvalue weighted by molar-refractivity contribution is 6.01. The Balaban J connectivity index is 2.13. The summed E-state index contributed by atoms with van der Waals surface area (Å²) in [6, 6.07) is 6.22. The van der Waals surface area contributed by atoms with Crippen molar-refractivity contribution in [3.8, 4) is 5.75 Å². The maximum Gasteiger partial charge on any atom is 0.158 e. The zero-order valence-electron chi connectivity index (χ0n) is 11.8. The van der Waals surface area contributed by atoms with E-state index in [1.54, 1.807) is 7.11 Å². The van der Waals surface area contributed by atoms with Crippen molar-refractivity contribution >= 4 is 11.4 Å². The van der Waals surface area contributed by atoms with Crippen molar-refractivity contribution in [1.29, 1.82) is 0 Å². The number of benzene rings is 1. The molecule has 0 amide bonds. The fraction of sp³-hybridized carbons (Fsp3) is 0.471. The Kier molecular flexibility index (Phi) is 2.77. The first kappa shape index (κ1) is 12.5. The molecular weight excluding hydrogens is 236 g/mol. The number of fused-ring (bicyclic) bond motifs is 3. The molecule has 0 saturated heterocycles. The van der Waals surface area contributed by atoms with Crippen LogP contribution in [0.5, 0.6) is 5.75 Å². The zero-order valence-corrected chi connectivity index (χ0v) is 11.8. The van der Waals surface area contributed by atoms with Crippen LogP contribution in [-0.2, 0) is 11.2 Å². The van der Waals surface area contributed by atoms with Crippen molar-refractivity contribution in [3.63, 3.8) is 0 Å². The van der Waals surface area contributed by atoms with Gasteiger partial charge in [0.25, 0.3) is 0 Å². The molecule has 0 N–H and O–H groups in total. The van der Waals surface area contributed by atoms with E-state index in [0.29, 0.717) is 0 Å². The summed E-state index contributed by atoms with van der Waals surface area (Å²) in [5.41, 5.74) is 3.95. The summed E-state index contributed by atoms with van der Waals surface area (Å²) < 4.78 is 5.29. The lowest BCUT2D eigenvalue weighted by atomic mass is 9.62. The first-order valence-electron chi connectivity index (χ1n) is 6.97. The topological polar surface area (TPSA) is 26.3 Å². The molecule has 2 heteroatoms. The minimum Gasteiger partial charge on any atom is -0.497 e. The normalized spacial score (nSPS) is 29.3. The Morgan fingerprint density at radius 3 is 2.89 bits per heavy atom. The monoisotopic (exact) mass is 256 g/mol. The van der Waals surface area contributed by atoms with Crippen LogP contribution in [0.3, 0.4) is 0 Å². The average Bonchev–Trinajstić information content (AvgIpc) is 2.40. The van der Waals surface area contributed by atoms with Crippen molar-refractivity contribution in [2.75, 3.05) is 7.11 Å². The number of allylic oxidation sites excluding steroid dienone is 2. The molecular formula is C17H20O2. The van der Waals surface area contributed by atoms with Crippen molar-refractivity contribution in [1.82, 2.24) is 0 Å². The van der Waals surface area contributed by atoms with Gasteiger partial charge in [-0.25, -0.2) is 0 Å². The van der Waals surface area contributed by atoms with E-state index in [1.165, 1.54) is 16.7 Å². The number of methoxy groups -OCH3 is 1. The van der Waals surface area contributed by atoms with E-state index in [4.69, 9.17) is 4.74 Å². The fourth-order valence-electron chi connectivity index (χ4n) is 3.56. The molecule has 1 aromatic carbocycles. The lowest BCUT2D eigenvalue weighted by Crippen LogP contribution is -2.33. The summed E-state index contributed by atoms with van der Waals surface area (Å²) >= 11 is 0. The molecule has 2 aliphatic carbocycles. The van der Waals surface area contributed by atoms with Crippen LogP contribution in [0.1, 0.15) is 37.8 Å². The van der Waals surface area contributed by atoms with Crippen LogP contribution in [0.15, 0.2) is 24.3 Å². The van der Waals surface area contributed by atoms with E-state index in [9.17, 15) is 4.79 Å². The Morgan fingerprint density at radius 1 is 1.37 bits per heavy atom. The Hall–Kier alpha value is -1.57. The highest BCUT2D eigenvalue weighted by atomic mass is 16.5. The highest BCUT2D eigenvalue weighted by Crippen LogP contribution is 2.51. The molecule has 0 saturated carbocycles. The van der Waals surface area contributed by atoms with Gasteiger partial charge in [-0.15, -0.1) is 0 Å². The van der Waals surface area contributed by atoms with Gasteiger partial charge in [0.2, 0.25) is 0 Å². The van der Waals surface area contributed by atoms with Gasteiger partial charge in [-0.2, -0.15) is 0 Å². The van der Waals surface area contributed by atoms with E-state index >= 15 is 0 Å². The number of carbonyl (C=O) groups excluding carboxylic acids is 1. The second-order valence-corrected chi connectivity index (χ2v) is 6.15. The maximum absolute atomic E-state index is 12.0. The van der Waals surface area contributed by atoms with Gasteiger partial charge in [0.1, 0.15) is 5.75 Å². The van der Waals surface area contributed by atoms with Crippen LogP contribution >= 0.6 is 0 Å². The number of ketones is 1. The third kappa shape index (κ3) is 1.90. The molecule has 0 bridgehead atoms. The van der Waals surface area contributed by atoms with Gasteiger partial charge in [-0.05, 0) is 59.6 Å². The minimum absolute atomic E-state index is 0.161. The lowest BCUT2D eigenvalue weighted by Gasteiger charge is -2.42. The van der Waals surface area contributed by atoms with E-state index < -0.39 is 0 Å². The number of ether oxygens (including phenoxy) is 1. The smallest absolute Gasteiger partial charge is 0.158 e. The molecule has 0 spiro atoms. The summed E-state index contributed by atoms with van der Waals surface area (Å²) in [5.74, 6) is 1.34. The fourth-order valence-corrected chi connectivity index (χ4v) is 3.56. The summed E-state index contributed by atoms with van der Waals surface area (Å²) in [7, 11) is 1.69. The molecule has 0 aromatic heterocycles. The summed E-state index contributed by atoms with van der Waals surface area (Å²) in [4.78, 5) is 12.0. The van der Waals surface area contributed by atoms with Gasteiger partial charge in [-0.3, -0.25) is 4.79 Å². The van der Waals surface area contributed by atoms with Crippen LogP contribution in [0.25, 0.3) is 5.57 Å². The van der Waals surface area contributed by atoms with Crippen molar-refractivity contribution < 1.29 is 9.53 Å². The summed E-state index contributed by atoms with van der Waals surface area (Å²) in [6.45, 7) is 4.35. The van der Waals surface area contributed by atoms with Crippen LogP contribution in [-0.4, -0.2) is 12.9 Å². The van der Waals surface area contributed by atoms with Gasteiger partial charge in [0, 0.05) is 5.92 Å². The molecule has 0 radical (unpaired) electrons. The molecule has 2 atom stereocenters. The van der Waals surface area contributed by atoms with Gasteiger partial charge in [0.15, 0.2) is 5.78 Å². The van der Waals surface area contributed by atoms with E-state index in [0.717, 1.165) is 25.0 Å². The largest absolute Gasteiger partial charge is 0.497 e. The Labute approximate surface area is 114 Å². The number of carbonyl (C=O) groups is 1. The highest BCUT2D eigenvalue weighted by Gasteiger charge is 2.40. The molecule has 0 fully saturated rings. The quantitative estimate of drug-likeness (QED) is 0.766. The third-order valence-corrected chi connectivity index (χ3v) is 4.73. The SMILES string of the molecule is COc1ccc2c(c1)CCC1(C)CC(C)C(=O)C=C21. The van der Waals surface area contributed by atoms with Crippen molar-refractivity contribution in [3.05, 3.63) is 35.4 Å². The second kappa shape index (κ2) is 4.22. The van der Waals surface area contributed by atoms with Gasteiger partial charge < -0.3 is 4.74 Å². The van der Waals surface area contributed by atoms with Crippen LogP contribution in [0, 0.1) is 11.3 Å². The van der Waals surface area contributed by atoms with Crippen molar-refractivity contribution in [2.45, 2.75) is 33.1 Å². The van der Waals surface area contributed by atoms with Gasteiger partial charge in [0.05, 0.1) is 7.11 Å². The minimum atomic E-state index is 0.161. The standard InChI is InChI=1S/C17H20O2/c1-11-10-17(2)7-6-12-8-13(19-3)4-5-14(12)15(17)9-16(11)18/h4-5,8-9,11H,6-7,10H2,1-3H3. The predicted octanol–water partition coefficient (Wildman–Crippen LogP) is 3.64. The second-order valence-electron chi connectivity index (χ2n) is 6.15. The molecule has 0 heterocycles. The van der Waals surface area contributed by atoms with E-state index in [1.807, 2.05) is 19.1 Å². The number of hydrogen-bond acceptors (Lipinski definition) is 2. The summed E-state index contributed by atoms with van der Waals surface area (Å²) in [6.07, 6.45) is 5.06. The van der Waals surface area contributed by atoms with Crippen molar-refractivity contribution in [2.24, 2.45) is 11.3 Å². The van der Waals surface area contributed by atoms with Crippen LogP contribution in [0.4, 0.5) is 0 Å². The molecule has 2 aliphatic rings. The molecule has 0 aliphatic heterocycles. The molecule has 2 unspecified atom stereocenters. The Morgan fingerprint density at radius 2 is 2.16 bits per heavy atom. The zero-order chi connectivity index (χ0) is 13.6. The molecule has 100 valence electrons. The van der Waals surface area contributed by atoms with E-state index in [-0.39, 0.29) is 17.1 Å². The number of hydrogen-bond donors (Lipinski definition) is 0. The average molecular weight is 256 g/mol.